The van der Waals surface area contributed by atoms with Gasteiger partial charge < -0.3 is 10.5 Å². The van der Waals surface area contributed by atoms with Crippen LogP contribution in [0.15, 0.2) is 18.2 Å². The van der Waals surface area contributed by atoms with Crippen LogP contribution in [0.25, 0.3) is 0 Å². The lowest BCUT2D eigenvalue weighted by Gasteiger charge is -2.26. The fourth-order valence-electron chi connectivity index (χ4n) is 2.50. The van der Waals surface area contributed by atoms with E-state index in [2.05, 4.69) is 0 Å². The monoisotopic (exact) mass is 295 g/mol. The summed E-state index contributed by atoms with van der Waals surface area (Å²) in [6.07, 6.45) is 3.56. The molecule has 2 N–H and O–H groups in total. The minimum atomic E-state index is -0.655. The van der Waals surface area contributed by atoms with Crippen LogP contribution in [0.3, 0.4) is 0 Å². The summed E-state index contributed by atoms with van der Waals surface area (Å²) in [5.74, 6) is 0. The third kappa shape index (κ3) is 3.96. The summed E-state index contributed by atoms with van der Waals surface area (Å²) in [6.45, 7) is 0.0612. The molecular weight excluding hydrogens is 278 g/mol. The normalized spacial score (nSPS) is 22.0. The van der Waals surface area contributed by atoms with Crippen LogP contribution in [-0.2, 0) is 11.3 Å². The molecule has 114 valence electrons. The lowest BCUT2D eigenvalue weighted by atomic mass is 9.93. The number of hydrogen-bond acceptors (Lipinski definition) is 6. The average molecular weight is 295 g/mol. The van der Waals surface area contributed by atoms with Crippen LogP contribution in [0, 0.1) is 20.2 Å². The van der Waals surface area contributed by atoms with Gasteiger partial charge in [-0.1, -0.05) is 0 Å². The second-order valence-electron chi connectivity index (χ2n) is 5.19. The van der Waals surface area contributed by atoms with Crippen LogP contribution in [0.2, 0.25) is 0 Å². The van der Waals surface area contributed by atoms with Gasteiger partial charge >= 0.3 is 0 Å². The molecule has 0 amide bonds. The Morgan fingerprint density at radius 1 is 1.24 bits per heavy atom. The van der Waals surface area contributed by atoms with Crippen molar-refractivity contribution in [1.82, 2.24) is 0 Å². The van der Waals surface area contributed by atoms with E-state index in [4.69, 9.17) is 10.5 Å². The zero-order valence-electron chi connectivity index (χ0n) is 11.4. The molecule has 1 fully saturated rings. The van der Waals surface area contributed by atoms with E-state index >= 15 is 0 Å². The zero-order chi connectivity index (χ0) is 15.4. The van der Waals surface area contributed by atoms with Gasteiger partial charge in [-0.05, 0) is 31.7 Å². The third-order valence-corrected chi connectivity index (χ3v) is 3.62. The second kappa shape index (κ2) is 6.59. The van der Waals surface area contributed by atoms with Crippen molar-refractivity contribution in [2.75, 3.05) is 0 Å². The summed E-state index contributed by atoms with van der Waals surface area (Å²) in [7, 11) is 0. The molecule has 0 heterocycles. The lowest BCUT2D eigenvalue weighted by molar-refractivity contribution is -0.394. The lowest BCUT2D eigenvalue weighted by Crippen LogP contribution is -2.32. The maximum absolute atomic E-state index is 11.0. The van der Waals surface area contributed by atoms with E-state index in [9.17, 15) is 20.2 Å². The number of nitrogens with zero attached hydrogens (tertiary/aromatic N) is 2. The molecule has 1 saturated carbocycles. The highest BCUT2D eigenvalue weighted by atomic mass is 16.6. The molecule has 2 rings (SSSR count). The van der Waals surface area contributed by atoms with E-state index in [0.717, 1.165) is 31.7 Å². The van der Waals surface area contributed by atoms with Crippen LogP contribution in [-0.4, -0.2) is 22.0 Å². The first-order valence-electron chi connectivity index (χ1n) is 6.76. The number of rotatable bonds is 5. The van der Waals surface area contributed by atoms with Crippen molar-refractivity contribution in [3.8, 4) is 0 Å². The van der Waals surface area contributed by atoms with E-state index in [0.29, 0.717) is 5.56 Å². The van der Waals surface area contributed by atoms with Gasteiger partial charge in [0.15, 0.2) is 0 Å². The smallest absolute Gasteiger partial charge is 0.281 e. The van der Waals surface area contributed by atoms with Crippen molar-refractivity contribution in [2.24, 2.45) is 5.73 Å². The minimum Gasteiger partial charge on any atom is -0.373 e. The van der Waals surface area contributed by atoms with Gasteiger partial charge in [0.2, 0.25) is 0 Å². The Kier molecular flexibility index (Phi) is 4.81. The van der Waals surface area contributed by atoms with Crippen molar-refractivity contribution in [3.05, 3.63) is 44.0 Å². The maximum Gasteiger partial charge on any atom is 0.281 e. The van der Waals surface area contributed by atoms with Crippen molar-refractivity contribution < 1.29 is 14.6 Å². The number of nitro groups is 2. The number of benzene rings is 1. The van der Waals surface area contributed by atoms with Gasteiger partial charge in [-0.25, -0.2) is 0 Å². The van der Waals surface area contributed by atoms with Gasteiger partial charge in [-0.2, -0.15) is 0 Å². The SMILES string of the molecule is NC1CCCC(OCc2ccc([N+](=O)[O-])cc2[N+](=O)[O-])C1. The molecule has 8 heteroatoms. The molecule has 2 unspecified atom stereocenters. The molecule has 0 aliphatic heterocycles. The summed E-state index contributed by atoms with van der Waals surface area (Å²) in [6, 6.07) is 3.69. The summed E-state index contributed by atoms with van der Waals surface area (Å²) in [5, 5.41) is 21.7. The summed E-state index contributed by atoms with van der Waals surface area (Å²) < 4.78 is 5.68. The summed E-state index contributed by atoms with van der Waals surface area (Å²) in [4.78, 5) is 20.4. The molecule has 1 aromatic rings. The molecule has 2 atom stereocenters. The van der Waals surface area contributed by atoms with E-state index in [1.807, 2.05) is 0 Å². The molecule has 0 radical (unpaired) electrons. The highest BCUT2D eigenvalue weighted by molar-refractivity contribution is 5.48. The van der Waals surface area contributed by atoms with Crippen molar-refractivity contribution in [3.63, 3.8) is 0 Å². The Hall–Kier alpha value is -2.06. The predicted octanol–water partition coefficient (Wildman–Crippen LogP) is 2.29. The fraction of sp³-hybridized carbons (Fsp3) is 0.538. The summed E-state index contributed by atoms with van der Waals surface area (Å²) >= 11 is 0. The molecule has 1 aromatic carbocycles. The number of hydrogen-bond donors (Lipinski definition) is 1. The Morgan fingerprint density at radius 2 is 2.00 bits per heavy atom. The molecule has 0 aromatic heterocycles. The Balaban J connectivity index is 2.08. The van der Waals surface area contributed by atoms with Crippen LogP contribution in [0.5, 0.6) is 0 Å². The van der Waals surface area contributed by atoms with Gasteiger partial charge in [-0.3, -0.25) is 20.2 Å². The second-order valence-corrected chi connectivity index (χ2v) is 5.19. The molecule has 1 aliphatic rings. The molecular formula is C13H17N3O5. The van der Waals surface area contributed by atoms with Gasteiger partial charge in [0.05, 0.1) is 34.2 Å². The largest absolute Gasteiger partial charge is 0.373 e. The average Bonchev–Trinajstić information content (AvgIpc) is 2.44. The molecule has 1 aliphatic carbocycles. The Bertz CT molecular complexity index is 549. The van der Waals surface area contributed by atoms with Gasteiger partial charge in [0, 0.05) is 12.1 Å². The fourth-order valence-corrected chi connectivity index (χ4v) is 2.50. The van der Waals surface area contributed by atoms with E-state index in [1.54, 1.807) is 0 Å². The third-order valence-electron chi connectivity index (χ3n) is 3.62. The quantitative estimate of drug-likeness (QED) is 0.657. The number of nitrogens with two attached hydrogens (primary N) is 1. The van der Waals surface area contributed by atoms with Crippen LogP contribution >= 0.6 is 0 Å². The molecule has 0 saturated heterocycles. The molecule has 21 heavy (non-hydrogen) atoms. The first kappa shape index (κ1) is 15.3. The maximum atomic E-state index is 11.0. The topological polar surface area (TPSA) is 122 Å². The van der Waals surface area contributed by atoms with Gasteiger partial charge in [0.25, 0.3) is 11.4 Å². The van der Waals surface area contributed by atoms with Crippen LogP contribution in [0.4, 0.5) is 11.4 Å². The van der Waals surface area contributed by atoms with E-state index in [1.165, 1.54) is 12.1 Å². The van der Waals surface area contributed by atoms with Crippen molar-refractivity contribution >= 4 is 11.4 Å². The van der Waals surface area contributed by atoms with Crippen molar-refractivity contribution in [1.29, 1.82) is 0 Å². The highest BCUT2D eigenvalue weighted by Crippen LogP contribution is 2.27. The highest BCUT2D eigenvalue weighted by Gasteiger charge is 2.23. The molecule has 8 nitrogen and oxygen atoms in total. The van der Waals surface area contributed by atoms with E-state index < -0.39 is 9.85 Å². The predicted molar refractivity (Wildman–Crippen MR) is 74.8 cm³/mol. The van der Waals surface area contributed by atoms with Gasteiger partial charge in [-0.15, -0.1) is 0 Å². The minimum absolute atomic E-state index is 0.0106. The van der Waals surface area contributed by atoms with Crippen LogP contribution < -0.4 is 5.73 Å². The first-order valence-corrected chi connectivity index (χ1v) is 6.76. The summed E-state index contributed by atoms with van der Waals surface area (Å²) in [5.41, 5.74) is 5.61. The van der Waals surface area contributed by atoms with E-state index in [-0.39, 0.29) is 30.1 Å². The molecule has 0 spiro atoms. The Labute approximate surface area is 121 Å². The van der Waals surface area contributed by atoms with Crippen LogP contribution in [0.1, 0.15) is 31.2 Å². The standard InChI is InChI=1S/C13H17N3O5/c14-10-2-1-3-12(6-10)21-8-9-4-5-11(15(17)18)7-13(9)16(19)20/h4-5,7,10,12H,1-3,6,8,14H2. The number of nitro benzene ring substituents is 2. The Morgan fingerprint density at radius 3 is 2.62 bits per heavy atom. The van der Waals surface area contributed by atoms with Gasteiger partial charge in [0.1, 0.15) is 0 Å². The number of non-ortho nitro benzene ring substituents is 1. The van der Waals surface area contributed by atoms with Crippen molar-refractivity contribution in [2.45, 2.75) is 44.4 Å². The first-order chi connectivity index (χ1) is 9.97. The zero-order valence-corrected chi connectivity index (χ0v) is 11.4. The number of ether oxygens (including phenoxy) is 1. The molecule has 0 bridgehead atoms.